The van der Waals surface area contributed by atoms with Crippen molar-refractivity contribution in [1.82, 2.24) is 4.72 Å². The fourth-order valence-electron chi connectivity index (χ4n) is 1.32. The second kappa shape index (κ2) is 4.91. The molecule has 98 valence electrons. The Morgan fingerprint density at radius 2 is 2.00 bits per heavy atom. The van der Waals surface area contributed by atoms with E-state index in [0.717, 1.165) is 19.1 Å². The van der Waals surface area contributed by atoms with Crippen LogP contribution in [0.4, 0.5) is 5.69 Å². The van der Waals surface area contributed by atoms with Crippen LogP contribution in [0.3, 0.4) is 0 Å². The van der Waals surface area contributed by atoms with E-state index in [0.29, 0.717) is 0 Å². The van der Waals surface area contributed by atoms with Crippen LogP contribution in [-0.4, -0.2) is 19.2 Å². The van der Waals surface area contributed by atoms with Crippen LogP contribution in [0.2, 0.25) is 5.02 Å². The molecular formula is C9H9ClN2O5S. The van der Waals surface area contributed by atoms with Gasteiger partial charge in [-0.25, -0.2) is 13.1 Å². The summed E-state index contributed by atoms with van der Waals surface area (Å²) in [7, 11) is -4.13. The summed E-state index contributed by atoms with van der Waals surface area (Å²) in [5.41, 5.74) is -0.328. The number of nitrogens with one attached hydrogen (secondary N) is 1. The summed E-state index contributed by atoms with van der Waals surface area (Å²) in [6.45, 7) is 2.45. The fourth-order valence-corrected chi connectivity index (χ4v) is 2.84. The number of rotatable bonds is 3. The molecule has 1 amide bonds. The maximum atomic E-state index is 11.8. The van der Waals surface area contributed by atoms with E-state index in [4.69, 9.17) is 11.6 Å². The minimum absolute atomic E-state index is 0.167. The second-order valence-electron chi connectivity index (χ2n) is 3.49. The van der Waals surface area contributed by atoms with Crippen molar-refractivity contribution in [2.24, 2.45) is 0 Å². The van der Waals surface area contributed by atoms with Crippen molar-refractivity contribution in [3.05, 3.63) is 32.8 Å². The first-order valence-corrected chi connectivity index (χ1v) is 6.49. The number of hydrogen-bond donors (Lipinski definition) is 1. The van der Waals surface area contributed by atoms with Gasteiger partial charge in [-0.1, -0.05) is 11.6 Å². The molecular weight excluding hydrogens is 284 g/mol. The maximum Gasteiger partial charge on any atom is 0.289 e. The zero-order valence-electron chi connectivity index (χ0n) is 9.43. The van der Waals surface area contributed by atoms with Crippen molar-refractivity contribution in [2.75, 3.05) is 0 Å². The highest BCUT2D eigenvalue weighted by molar-refractivity contribution is 7.90. The SMILES string of the molecule is CC(=O)NS(=O)(=O)c1cc([N+](=O)[O-])c(Cl)cc1C. The third kappa shape index (κ3) is 2.96. The lowest BCUT2D eigenvalue weighted by atomic mass is 10.2. The van der Waals surface area contributed by atoms with Gasteiger partial charge in [-0.05, 0) is 18.6 Å². The highest BCUT2D eigenvalue weighted by atomic mass is 35.5. The Labute approximate surface area is 108 Å². The molecule has 0 aromatic heterocycles. The largest absolute Gasteiger partial charge is 0.289 e. The van der Waals surface area contributed by atoms with Crippen LogP contribution in [-0.2, 0) is 14.8 Å². The molecule has 0 saturated heterocycles. The van der Waals surface area contributed by atoms with Gasteiger partial charge in [0, 0.05) is 13.0 Å². The summed E-state index contributed by atoms with van der Waals surface area (Å²) in [5, 5.41) is 10.5. The summed E-state index contributed by atoms with van der Waals surface area (Å²) >= 11 is 5.63. The van der Waals surface area contributed by atoms with Crippen molar-refractivity contribution < 1.29 is 18.1 Å². The number of halogens is 1. The topological polar surface area (TPSA) is 106 Å². The van der Waals surface area contributed by atoms with Crippen LogP contribution in [0.1, 0.15) is 12.5 Å². The lowest BCUT2D eigenvalue weighted by Gasteiger charge is -2.08. The van der Waals surface area contributed by atoms with E-state index < -0.39 is 26.5 Å². The predicted molar refractivity (Wildman–Crippen MR) is 63.8 cm³/mol. The van der Waals surface area contributed by atoms with Crippen molar-refractivity contribution in [3.63, 3.8) is 0 Å². The van der Waals surface area contributed by atoms with Crippen molar-refractivity contribution in [3.8, 4) is 0 Å². The van der Waals surface area contributed by atoms with Gasteiger partial charge in [-0.15, -0.1) is 0 Å². The lowest BCUT2D eigenvalue weighted by Crippen LogP contribution is -2.28. The van der Waals surface area contributed by atoms with Gasteiger partial charge in [0.05, 0.1) is 9.82 Å². The van der Waals surface area contributed by atoms with E-state index in [1.54, 1.807) is 4.72 Å². The highest BCUT2D eigenvalue weighted by Gasteiger charge is 2.24. The molecule has 0 fully saturated rings. The quantitative estimate of drug-likeness (QED) is 0.669. The van der Waals surface area contributed by atoms with Gasteiger partial charge >= 0.3 is 0 Å². The second-order valence-corrected chi connectivity index (χ2v) is 5.55. The molecule has 7 nitrogen and oxygen atoms in total. The molecule has 18 heavy (non-hydrogen) atoms. The van der Waals surface area contributed by atoms with Crippen LogP contribution < -0.4 is 4.72 Å². The third-order valence-electron chi connectivity index (χ3n) is 2.01. The Balaban J connectivity index is 3.46. The van der Waals surface area contributed by atoms with Crippen molar-refractivity contribution in [1.29, 1.82) is 0 Å². The lowest BCUT2D eigenvalue weighted by molar-refractivity contribution is -0.384. The smallest absolute Gasteiger partial charge is 0.274 e. The number of sulfonamides is 1. The molecule has 0 bridgehead atoms. The predicted octanol–water partition coefficient (Wildman–Crippen LogP) is 1.38. The average Bonchev–Trinajstić information content (AvgIpc) is 2.13. The van der Waals surface area contributed by atoms with Crippen LogP contribution in [0, 0.1) is 17.0 Å². The molecule has 0 heterocycles. The number of amides is 1. The number of carbonyl (C=O) groups excluding carboxylic acids is 1. The van der Waals surface area contributed by atoms with Crippen LogP contribution in [0.5, 0.6) is 0 Å². The van der Waals surface area contributed by atoms with Gasteiger partial charge in [-0.3, -0.25) is 14.9 Å². The van der Waals surface area contributed by atoms with E-state index in [-0.39, 0.29) is 15.5 Å². The third-order valence-corrected chi connectivity index (χ3v) is 3.89. The van der Waals surface area contributed by atoms with Gasteiger partial charge < -0.3 is 0 Å². The summed E-state index contributed by atoms with van der Waals surface area (Å²) < 4.78 is 25.2. The van der Waals surface area contributed by atoms with E-state index in [1.807, 2.05) is 0 Å². The summed E-state index contributed by atoms with van der Waals surface area (Å²) in [6, 6.07) is 1.98. The number of aryl methyl sites for hydroxylation is 1. The minimum Gasteiger partial charge on any atom is -0.274 e. The number of nitro groups is 1. The molecule has 0 saturated carbocycles. The van der Waals surface area contributed by atoms with Crippen LogP contribution in [0.15, 0.2) is 17.0 Å². The van der Waals surface area contributed by atoms with Gasteiger partial charge in [0.15, 0.2) is 0 Å². The molecule has 1 rings (SSSR count). The summed E-state index contributed by atoms with van der Waals surface area (Å²) in [5.74, 6) is -0.785. The number of nitro benzene ring substituents is 1. The molecule has 0 radical (unpaired) electrons. The molecule has 0 aliphatic heterocycles. The van der Waals surface area contributed by atoms with Crippen LogP contribution >= 0.6 is 11.6 Å². The van der Waals surface area contributed by atoms with Gasteiger partial charge in [-0.2, -0.15) is 0 Å². The number of benzene rings is 1. The number of carbonyl (C=O) groups is 1. The van der Waals surface area contributed by atoms with Crippen molar-refractivity contribution >= 4 is 33.2 Å². The Morgan fingerprint density at radius 3 is 2.44 bits per heavy atom. The molecule has 9 heteroatoms. The zero-order valence-corrected chi connectivity index (χ0v) is 11.0. The van der Waals surface area contributed by atoms with Gasteiger partial charge in [0.2, 0.25) is 5.91 Å². The Bertz CT molecular complexity index is 626. The first-order valence-electron chi connectivity index (χ1n) is 4.63. The first-order chi connectivity index (χ1) is 8.15. The summed E-state index contributed by atoms with van der Waals surface area (Å²) in [4.78, 5) is 20.3. The van der Waals surface area contributed by atoms with Gasteiger partial charge in [0.25, 0.3) is 15.7 Å². The number of hydrogen-bond acceptors (Lipinski definition) is 5. The zero-order chi connectivity index (χ0) is 14.1. The average molecular weight is 293 g/mol. The highest BCUT2D eigenvalue weighted by Crippen LogP contribution is 2.29. The molecule has 0 spiro atoms. The molecule has 0 aliphatic rings. The summed E-state index contributed by atoms with van der Waals surface area (Å²) in [6.07, 6.45) is 0. The molecule has 1 aromatic carbocycles. The molecule has 0 atom stereocenters. The molecule has 1 aromatic rings. The van der Waals surface area contributed by atoms with Crippen molar-refractivity contribution in [2.45, 2.75) is 18.7 Å². The molecule has 0 aliphatic carbocycles. The van der Waals surface area contributed by atoms with E-state index in [1.165, 1.54) is 6.92 Å². The Morgan fingerprint density at radius 1 is 1.44 bits per heavy atom. The number of nitrogens with zero attached hydrogens (tertiary/aromatic N) is 1. The minimum atomic E-state index is -4.13. The van der Waals surface area contributed by atoms with E-state index in [2.05, 4.69) is 0 Å². The fraction of sp³-hybridized carbons (Fsp3) is 0.222. The van der Waals surface area contributed by atoms with Crippen LogP contribution in [0.25, 0.3) is 0 Å². The molecule has 1 N–H and O–H groups in total. The normalized spacial score (nSPS) is 11.1. The van der Waals surface area contributed by atoms with Gasteiger partial charge in [0.1, 0.15) is 5.02 Å². The monoisotopic (exact) mass is 292 g/mol. The van der Waals surface area contributed by atoms with E-state index in [9.17, 15) is 23.3 Å². The standard InChI is InChI=1S/C9H9ClN2O5S/c1-5-3-7(10)8(12(14)15)4-9(5)18(16,17)11-6(2)13/h3-4H,1-2H3,(H,11,13). The van der Waals surface area contributed by atoms with E-state index >= 15 is 0 Å². The molecule has 0 unspecified atom stereocenters. The first kappa shape index (κ1) is 14.4. The Kier molecular flexibility index (Phi) is 3.92. The Hall–Kier alpha value is -1.67. The maximum absolute atomic E-state index is 11.8.